The lowest BCUT2D eigenvalue weighted by atomic mass is 9.92. The van der Waals surface area contributed by atoms with E-state index in [0.29, 0.717) is 21.3 Å². The standard InChI is InChI=1S/C17H11Cl2N3O3/c18-11-6-5-9(7-12(11)19)8-22-13-4-2-1-3-10(13)17(15(22)24)14(23)20-16(25)21-17/h1-7H,8H2,(H2,20,21,23,25). The molecule has 8 heteroatoms. The Kier molecular flexibility index (Phi) is 3.49. The van der Waals surface area contributed by atoms with E-state index in [1.165, 1.54) is 4.90 Å². The number of hydrogen-bond donors (Lipinski definition) is 2. The lowest BCUT2D eigenvalue weighted by Crippen LogP contribution is -2.52. The van der Waals surface area contributed by atoms with Gasteiger partial charge in [0.05, 0.1) is 22.3 Å². The fraction of sp³-hybridized carbons (Fsp3) is 0.118. The Morgan fingerprint density at radius 1 is 1.00 bits per heavy atom. The average molecular weight is 376 g/mol. The quantitative estimate of drug-likeness (QED) is 0.625. The van der Waals surface area contributed by atoms with E-state index in [4.69, 9.17) is 23.2 Å². The van der Waals surface area contributed by atoms with Gasteiger partial charge in [-0.15, -0.1) is 0 Å². The second kappa shape index (κ2) is 5.47. The second-order valence-electron chi connectivity index (χ2n) is 5.82. The fourth-order valence-corrected chi connectivity index (χ4v) is 3.55. The Balaban J connectivity index is 1.79. The van der Waals surface area contributed by atoms with E-state index in [1.807, 2.05) is 0 Å². The molecule has 2 aliphatic heterocycles. The summed E-state index contributed by atoms with van der Waals surface area (Å²) >= 11 is 12.0. The molecule has 0 aromatic heterocycles. The third-order valence-electron chi connectivity index (χ3n) is 4.36. The van der Waals surface area contributed by atoms with Crippen LogP contribution in [0.5, 0.6) is 0 Å². The van der Waals surface area contributed by atoms with Crippen molar-refractivity contribution in [2.45, 2.75) is 12.1 Å². The van der Waals surface area contributed by atoms with Gasteiger partial charge in [0, 0.05) is 5.56 Å². The van der Waals surface area contributed by atoms with Crippen molar-refractivity contribution < 1.29 is 14.4 Å². The molecule has 2 aromatic carbocycles. The Bertz CT molecular complexity index is 946. The van der Waals surface area contributed by atoms with Crippen LogP contribution in [0.25, 0.3) is 0 Å². The maximum Gasteiger partial charge on any atom is 0.323 e. The number of imide groups is 1. The summed E-state index contributed by atoms with van der Waals surface area (Å²) in [6, 6.07) is 11.2. The topological polar surface area (TPSA) is 78.5 Å². The maximum atomic E-state index is 13.1. The largest absolute Gasteiger partial charge is 0.323 e. The molecule has 0 saturated carbocycles. The first-order valence-electron chi connectivity index (χ1n) is 7.42. The van der Waals surface area contributed by atoms with Crippen molar-refractivity contribution in [2.24, 2.45) is 0 Å². The predicted molar refractivity (Wildman–Crippen MR) is 92.4 cm³/mol. The highest BCUT2D eigenvalue weighted by atomic mass is 35.5. The number of amides is 4. The molecule has 25 heavy (non-hydrogen) atoms. The molecule has 0 bridgehead atoms. The summed E-state index contributed by atoms with van der Waals surface area (Å²) in [4.78, 5) is 38.6. The molecule has 1 spiro atoms. The summed E-state index contributed by atoms with van der Waals surface area (Å²) in [5, 5.41) is 5.42. The van der Waals surface area contributed by atoms with Crippen molar-refractivity contribution in [3.05, 3.63) is 63.6 Å². The van der Waals surface area contributed by atoms with Crippen LogP contribution in [-0.4, -0.2) is 17.8 Å². The number of nitrogens with zero attached hydrogens (tertiary/aromatic N) is 1. The highest BCUT2D eigenvalue weighted by molar-refractivity contribution is 6.42. The molecule has 0 aliphatic carbocycles. The molecular formula is C17H11Cl2N3O3. The van der Waals surface area contributed by atoms with E-state index in [9.17, 15) is 14.4 Å². The number of nitrogens with one attached hydrogen (secondary N) is 2. The number of benzene rings is 2. The van der Waals surface area contributed by atoms with Crippen molar-refractivity contribution in [3.8, 4) is 0 Å². The van der Waals surface area contributed by atoms with Crippen LogP contribution >= 0.6 is 23.2 Å². The fourth-order valence-electron chi connectivity index (χ4n) is 3.23. The Morgan fingerprint density at radius 2 is 1.76 bits per heavy atom. The first-order valence-corrected chi connectivity index (χ1v) is 8.18. The SMILES string of the molecule is O=C1NC(=O)C2(N1)C(=O)N(Cc1ccc(Cl)c(Cl)c1)c1ccccc12. The smallest absolute Gasteiger partial charge is 0.312 e. The van der Waals surface area contributed by atoms with Crippen molar-refractivity contribution in [3.63, 3.8) is 0 Å². The van der Waals surface area contributed by atoms with Gasteiger partial charge in [-0.1, -0.05) is 47.5 Å². The summed E-state index contributed by atoms with van der Waals surface area (Å²) in [6.45, 7) is 0.192. The first kappa shape index (κ1) is 15.9. The number of carbonyl (C=O) groups excluding carboxylic acids is 3. The van der Waals surface area contributed by atoms with Gasteiger partial charge < -0.3 is 10.2 Å². The van der Waals surface area contributed by atoms with Crippen LogP contribution in [0.1, 0.15) is 11.1 Å². The Morgan fingerprint density at radius 3 is 2.44 bits per heavy atom. The Hall–Kier alpha value is -2.57. The average Bonchev–Trinajstić information content (AvgIpc) is 3.01. The lowest BCUT2D eigenvalue weighted by Gasteiger charge is -2.21. The van der Waals surface area contributed by atoms with E-state index < -0.39 is 23.4 Å². The van der Waals surface area contributed by atoms with E-state index in [-0.39, 0.29) is 6.54 Å². The van der Waals surface area contributed by atoms with Gasteiger partial charge in [-0.3, -0.25) is 14.9 Å². The van der Waals surface area contributed by atoms with Gasteiger partial charge in [0.1, 0.15) is 0 Å². The van der Waals surface area contributed by atoms with Crippen molar-refractivity contribution in [1.82, 2.24) is 10.6 Å². The van der Waals surface area contributed by atoms with E-state index >= 15 is 0 Å². The maximum absolute atomic E-state index is 13.1. The van der Waals surface area contributed by atoms with Crippen LogP contribution in [0.3, 0.4) is 0 Å². The molecule has 1 unspecified atom stereocenters. The van der Waals surface area contributed by atoms with Crippen LogP contribution in [0.2, 0.25) is 10.0 Å². The number of carbonyl (C=O) groups is 3. The number of halogens is 2. The molecule has 1 fully saturated rings. The summed E-state index contributed by atoms with van der Waals surface area (Å²) in [6.07, 6.45) is 0. The zero-order valence-electron chi connectivity index (χ0n) is 12.7. The molecule has 1 atom stereocenters. The van der Waals surface area contributed by atoms with Gasteiger partial charge >= 0.3 is 6.03 Å². The van der Waals surface area contributed by atoms with Crippen LogP contribution in [0, 0.1) is 0 Å². The number of para-hydroxylation sites is 1. The van der Waals surface area contributed by atoms with Crippen LogP contribution in [0.15, 0.2) is 42.5 Å². The van der Waals surface area contributed by atoms with Crippen LogP contribution in [-0.2, 0) is 21.7 Å². The summed E-state index contributed by atoms with van der Waals surface area (Å²) in [5.74, 6) is -1.19. The van der Waals surface area contributed by atoms with E-state index in [0.717, 1.165) is 5.56 Å². The van der Waals surface area contributed by atoms with Gasteiger partial charge in [-0.2, -0.15) is 0 Å². The molecule has 2 aromatic rings. The zero-order valence-corrected chi connectivity index (χ0v) is 14.2. The van der Waals surface area contributed by atoms with E-state index in [2.05, 4.69) is 10.6 Å². The first-order chi connectivity index (χ1) is 11.9. The molecular weight excluding hydrogens is 365 g/mol. The molecule has 2 aliphatic rings. The summed E-state index contributed by atoms with van der Waals surface area (Å²) in [7, 11) is 0. The molecule has 2 heterocycles. The lowest BCUT2D eigenvalue weighted by molar-refractivity contribution is -0.134. The van der Waals surface area contributed by atoms with Gasteiger partial charge in [-0.25, -0.2) is 4.79 Å². The number of fused-ring (bicyclic) bond motifs is 2. The van der Waals surface area contributed by atoms with Gasteiger partial charge in [0.25, 0.3) is 11.8 Å². The minimum Gasteiger partial charge on any atom is -0.312 e. The number of urea groups is 1. The number of anilines is 1. The predicted octanol–water partition coefficient (Wildman–Crippen LogP) is 2.57. The molecule has 1 saturated heterocycles. The van der Waals surface area contributed by atoms with Crippen molar-refractivity contribution >= 4 is 46.7 Å². The third kappa shape index (κ3) is 2.22. The summed E-state index contributed by atoms with van der Waals surface area (Å²) in [5.41, 5.74) is 0.0443. The molecule has 4 amide bonds. The molecule has 4 rings (SSSR count). The Labute approximate surface area is 152 Å². The van der Waals surface area contributed by atoms with Crippen LogP contribution < -0.4 is 15.5 Å². The monoisotopic (exact) mass is 375 g/mol. The molecule has 2 N–H and O–H groups in total. The molecule has 6 nitrogen and oxygen atoms in total. The third-order valence-corrected chi connectivity index (χ3v) is 5.10. The van der Waals surface area contributed by atoms with Gasteiger partial charge in [-0.05, 0) is 23.8 Å². The molecule has 0 radical (unpaired) electrons. The zero-order chi connectivity index (χ0) is 17.8. The normalized spacial score (nSPS) is 21.5. The van der Waals surface area contributed by atoms with Gasteiger partial charge in [0.2, 0.25) is 5.54 Å². The minimum absolute atomic E-state index is 0.192. The number of hydrogen-bond acceptors (Lipinski definition) is 3. The van der Waals surface area contributed by atoms with E-state index in [1.54, 1.807) is 42.5 Å². The second-order valence-corrected chi connectivity index (χ2v) is 6.63. The highest BCUT2D eigenvalue weighted by Crippen LogP contribution is 2.42. The number of rotatable bonds is 2. The van der Waals surface area contributed by atoms with Crippen LogP contribution in [0.4, 0.5) is 10.5 Å². The van der Waals surface area contributed by atoms with Crippen molar-refractivity contribution in [2.75, 3.05) is 4.90 Å². The molecule has 126 valence electrons. The summed E-state index contributed by atoms with van der Waals surface area (Å²) < 4.78 is 0. The van der Waals surface area contributed by atoms with Gasteiger partial charge in [0.15, 0.2) is 0 Å². The minimum atomic E-state index is -1.72. The van der Waals surface area contributed by atoms with Crippen molar-refractivity contribution in [1.29, 1.82) is 0 Å². The highest BCUT2D eigenvalue weighted by Gasteiger charge is 2.61.